The number of nitrogens with zero attached hydrogens (tertiary/aromatic N) is 1. The molecule has 0 aliphatic carbocycles. The van der Waals surface area contributed by atoms with Gasteiger partial charge in [0.15, 0.2) is 0 Å². The maximum atomic E-state index is 12.9. The lowest BCUT2D eigenvalue weighted by Crippen LogP contribution is -2.28. The zero-order chi connectivity index (χ0) is 16.4. The Morgan fingerprint density at radius 1 is 1.30 bits per heavy atom. The fourth-order valence-corrected chi connectivity index (χ4v) is 2.51. The number of aromatic hydroxyl groups is 1. The molecular weight excluding hydrogens is 367 g/mol. The van der Waals surface area contributed by atoms with Gasteiger partial charge in [-0.2, -0.15) is 0 Å². The predicted molar refractivity (Wildman–Crippen MR) is 86.9 cm³/mol. The molecule has 0 saturated heterocycles. The van der Waals surface area contributed by atoms with E-state index in [0.717, 1.165) is 4.47 Å². The van der Waals surface area contributed by atoms with E-state index < -0.39 is 12.0 Å². The molecule has 5 nitrogen and oxygen atoms in total. The number of hydrogen-bond donors (Lipinski definition) is 2. The second kappa shape index (κ2) is 6.37. The van der Waals surface area contributed by atoms with Gasteiger partial charge in [0.25, 0.3) is 5.91 Å². The van der Waals surface area contributed by atoms with Gasteiger partial charge in [-0.1, -0.05) is 33.2 Å². The number of benzene rings is 2. The highest BCUT2D eigenvalue weighted by molar-refractivity contribution is 9.10. The molecular formula is C16H12BrFN2O3. The van der Waals surface area contributed by atoms with Crippen LogP contribution in [0, 0.1) is 5.82 Å². The summed E-state index contributed by atoms with van der Waals surface area (Å²) < 4.78 is 13.7. The number of anilines is 1. The van der Waals surface area contributed by atoms with E-state index in [1.54, 1.807) is 24.3 Å². The first kappa shape index (κ1) is 15.5. The van der Waals surface area contributed by atoms with E-state index in [1.807, 2.05) is 0 Å². The summed E-state index contributed by atoms with van der Waals surface area (Å²) in [7, 11) is 0. The number of oxime groups is 1. The summed E-state index contributed by atoms with van der Waals surface area (Å²) in [6.07, 6.45) is -0.528. The van der Waals surface area contributed by atoms with Gasteiger partial charge in [-0.3, -0.25) is 4.79 Å². The Balaban J connectivity index is 1.66. The molecule has 0 fully saturated rings. The highest BCUT2D eigenvalue weighted by Gasteiger charge is 2.29. The molecule has 1 aliphatic heterocycles. The van der Waals surface area contributed by atoms with Crippen LogP contribution in [0.3, 0.4) is 0 Å². The zero-order valence-electron chi connectivity index (χ0n) is 11.8. The number of amides is 1. The minimum Gasteiger partial charge on any atom is -0.506 e. The second-order valence-corrected chi connectivity index (χ2v) is 5.91. The number of phenols is 1. The average Bonchev–Trinajstić information content (AvgIpc) is 3.02. The minimum atomic E-state index is -0.798. The highest BCUT2D eigenvalue weighted by Crippen LogP contribution is 2.27. The van der Waals surface area contributed by atoms with Gasteiger partial charge in [0, 0.05) is 10.9 Å². The topological polar surface area (TPSA) is 70.9 Å². The Labute approximate surface area is 139 Å². The molecule has 0 spiro atoms. The van der Waals surface area contributed by atoms with Gasteiger partial charge in [0.2, 0.25) is 6.10 Å². The number of nitrogens with one attached hydrogen (secondary N) is 1. The number of rotatable bonds is 3. The van der Waals surface area contributed by atoms with Crippen LogP contribution in [0.15, 0.2) is 52.1 Å². The number of halogens is 2. The van der Waals surface area contributed by atoms with Crippen molar-refractivity contribution in [2.75, 3.05) is 5.32 Å². The third-order valence-electron chi connectivity index (χ3n) is 3.36. The van der Waals surface area contributed by atoms with Crippen LogP contribution in [-0.2, 0) is 9.63 Å². The van der Waals surface area contributed by atoms with E-state index in [4.69, 9.17) is 4.84 Å². The number of carbonyl (C=O) groups is 1. The quantitative estimate of drug-likeness (QED) is 0.803. The van der Waals surface area contributed by atoms with E-state index >= 15 is 0 Å². The first-order valence-electron chi connectivity index (χ1n) is 6.81. The Morgan fingerprint density at radius 3 is 2.78 bits per heavy atom. The summed E-state index contributed by atoms with van der Waals surface area (Å²) in [6, 6.07) is 10.5. The summed E-state index contributed by atoms with van der Waals surface area (Å²) in [4.78, 5) is 17.4. The number of phenolic OH excluding ortho intramolecular Hbond substituents is 1. The van der Waals surface area contributed by atoms with Gasteiger partial charge >= 0.3 is 0 Å². The Bertz CT molecular complexity index is 777. The van der Waals surface area contributed by atoms with E-state index in [0.29, 0.717) is 11.3 Å². The molecule has 3 rings (SSSR count). The number of hydrogen-bond acceptors (Lipinski definition) is 4. The van der Waals surface area contributed by atoms with Crippen molar-refractivity contribution in [1.82, 2.24) is 0 Å². The SMILES string of the molecule is O=C(Nc1cc(Br)ccc1O)C1CC(c2ccc(F)cc2)=NO1. The van der Waals surface area contributed by atoms with E-state index in [-0.39, 0.29) is 23.7 Å². The third-order valence-corrected chi connectivity index (χ3v) is 3.85. The predicted octanol–water partition coefficient (Wildman–Crippen LogP) is 3.43. The van der Waals surface area contributed by atoms with Gasteiger partial charge in [0.1, 0.15) is 11.6 Å². The summed E-state index contributed by atoms with van der Waals surface area (Å²) >= 11 is 3.27. The van der Waals surface area contributed by atoms with Crippen molar-refractivity contribution >= 4 is 33.2 Å². The van der Waals surface area contributed by atoms with Gasteiger partial charge in [-0.05, 0) is 35.9 Å². The van der Waals surface area contributed by atoms with Crippen molar-refractivity contribution in [2.45, 2.75) is 12.5 Å². The van der Waals surface area contributed by atoms with Crippen LogP contribution < -0.4 is 5.32 Å². The molecule has 1 aliphatic rings. The van der Waals surface area contributed by atoms with Gasteiger partial charge in [0.05, 0.1) is 11.4 Å². The average molecular weight is 379 g/mol. The second-order valence-electron chi connectivity index (χ2n) is 4.99. The van der Waals surface area contributed by atoms with E-state index in [2.05, 4.69) is 26.4 Å². The summed E-state index contributed by atoms with van der Waals surface area (Å²) in [5, 5.41) is 16.2. The molecule has 2 aromatic carbocycles. The molecule has 2 N–H and O–H groups in total. The standard InChI is InChI=1S/C16H12BrFN2O3/c17-10-3-6-14(21)13(7-10)19-16(22)15-8-12(20-23-15)9-1-4-11(18)5-2-9/h1-7,15,21H,8H2,(H,19,22). The molecule has 118 valence electrons. The lowest BCUT2D eigenvalue weighted by atomic mass is 10.0. The van der Waals surface area contributed by atoms with Crippen molar-refractivity contribution in [2.24, 2.45) is 5.16 Å². The summed E-state index contributed by atoms with van der Waals surface area (Å²) in [5.41, 5.74) is 1.55. The van der Waals surface area contributed by atoms with Crippen LogP contribution in [0.25, 0.3) is 0 Å². The summed E-state index contributed by atoms with van der Waals surface area (Å²) in [5.74, 6) is -0.800. The number of carbonyl (C=O) groups excluding carboxylic acids is 1. The minimum absolute atomic E-state index is 0.0424. The van der Waals surface area contributed by atoms with Gasteiger partial charge in [-0.25, -0.2) is 4.39 Å². The molecule has 0 radical (unpaired) electrons. The van der Waals surface area contributed by atoms with Gasteiger partial charge < -0.3 is 15.3 Å². The molecule has 0 bridgehead atoms. The van der Waals surface area contributed by atoms with Crippen LogP contribution in [0.1, 0.15) is 12.0 Å². The monoisotopic (exact) mass is 378 g/mol. The third kappa shape index (κ3) is 3.50. The van der Waals surface area contributed by atoms with Crippen LogP contribution in [-0.4, -0.2) is 22.8 Å². The lowest BCUT2D eigenvalue weighted by Gasteiger charge is -2.11. The van der Waals surface area contributed by atoms with Crippen molar-refractivity contribution in [3.05, 3.63) is 58.3 Å². The van der Waals surface area contributed by atoms with Crippen molar-refractivity contribution in [3.63, 3.8) is 0 Å². The lowest BCUT2D eigenvalue weighted by molar-refractivity contribution is -0.125. The maximum absolute atomic E-state index is 12.9. The maximum Gasteiger partial charge on any atom is 0.268 e. The smallest absolute Gasteiger partial charge is 0.268 e. The van der Waals surface area contributed by atoms with E-state index in [9.17, 15) is 14.3 Å². The van der Waals surface area contributed by atoms with E-state index in [1.165, 1.54) is 18.2 Å². The van der Waals surface area contributed by atoms with Crippen LogP contribution in [0.4, 0.5) is 10.1 Å². The van der Waals surface area contributed by atoms with Crippen molar-refractivity contribution in [3.8, 4) is 5.75 Å². The highest BCUT2D eigenvalue weighted by atomic mass is 79.9. The largest absolute Gasteiger partial charge is 0.506 e. The summed E-state index contributed by atoms with van der Waals surface area (Å²) in [6.45, 7) is 0. The molecule has 0 aromatic heterocycles. The first-order valence-corrected chi connectivity index (χ1v) is 7.60. The molecule has 1 amide bonds. The fourth-order valence-electron chi connectivity index (χ4n) is 2.15. The Morgan fingerprint density at radius 2 is 2.04 bits per heavy atom. The molecule has 0 saturated carbocycles. The zero-order valence-corrected chi connectivity index (χ0v) is 13.4. The Kier molecular flexibility index (Phi) is 4.29. The molecule has 7 heteroatoms. The molecule has 23 heavy (non-hydrogen) atoms. The van der Waals surface area contributed by atoms with Gasteiger partial charge in [-0.15, -0.1) is 0 Å². The van der Waals surface area contributed by atoms with Crippen LogP contribution in [0.5, 0.6) is 5.75 Å². The molecule has 1 unspecified atom stereocenters. The Hall–Kier alpha value is -2.41. The molecule has 1 atom stereocenters. The molecule has 1 heterocycles. The van der Waals surface area contributed by atoms with Crippen molar-refractivity contribution in [1.29, 1.82) is 0 Å². The molecule has 2 aromatic rings. The fraction of sp³-hybridized carbons (Fsp3) is 0.125. The van der Waals surface area contributed by atoms with Crippen molar-refractivity contribution < 1.29 is 19.1 Å². The van der Waals surface area contributed by atoms with Crippen LogP contribution in [0.2, 0.25) is 0 Å². The first-order chi connectivity index (χ1) is 11.0. The normalized spacial score (nSPS) is 16.6. The van der Waals surface area contributed by atoms with Crippen LogP contribution >= 0.6 is 15.9 Å².